The number of hydrogen-bond donors (Lipinski definition) is 2. The van der Waals surface area contributed by atoms with Crippen LogP contribution < -0.4 is 10.8 Å². The fraction of sp³-hybridized carbons (Fsp3) is 0.500. The Morgan fingerprint density at radius 2 is 2.44 bits per heavy atom. The minimum absolute atomic E-state index is 0.0637. The third kappa shape index (κ3) is 3.62. The van der Waals surface area contributed by atoms with E-state index >= 15 is 0 Å². The summed E-state index contributed by atoms with van der Waals surface area (Å²) in [5, 5.41) is 7.28. The lowest BCUT2D eigenvalue weighted by Gasteiger charge is -2.29. The summed E-state index contributed by atoms with van der Waals surface area (Å²) < 4.78 is 0. The van der Waals surface area contributed by atoms with E-state index in [2.05, 4.69) is 42.4 Å². The van der Waals surface area contributed by atoms with Crippen LogP contribution in [0.2, 0.25) is 0 Å². The first-order chi connectivity index (χ1) is 7.65. The zero-order chi connectivity index (χ0) is 12.0. The highest BCUT2D eigenvalue weighted by molar-refractivity contribution is 6.50. The topological polar surface area (TPSA) is 42.9 Å². The molecule has 0 atom stereocenters. The van der Waals surface area contributed by atoms with Gasteiger partial charge in [-0.1, -0.05) is 26.5 Å². The zero-order valence-corrected chi connectivity index (χ0v) is 10.2. The van der Waals surface area contributed by atoms with E-state index in [4.69, 9.17) is 0 Å². The molecule has 88 valence electrons. The maximum absolute atomic E-state index is 4.20. The van der Waals surface area contributed by atoms with Crippen LogP contribution in [0.25, 0.3) is 0 Å². The van der Waals surface area contributed by atoms with Gasteiger partial charge in [-0.3, -0.25) is 0 Å². The molecular weight excluding hydrogens is 201 g/mol. The lowest BCUT2D eigenvalue weighted by atomic mass is 9.92. The number of hydrazone groups is 1. The summed E-state index contributed by atoms with van der Waals surface area (Å²) in [7, 11) is 1.88. The quantitative estimate of drug-likeness (QED) is 0.392. The van der Waals surface area contributed by atoms with Crippen molar-refractivity contribution in [2.45, 2.75) is 13.8 Å². The zero-order valence-electron chi connectivity index (χ0n) is 10.2. The summed E-state index contributed by atoms with van der Waals surface area (Å²) in [6.07, 6.45) is 7.68. The Hall–Kier alpha value is -1.43. The highest BCUT2D eigenvalue weighted by Crippen LogP contribution is 2.00. The van der Waals surface area contributed by atoms with Gasteiger partial charge in [-0.05, 0) is 19.2 Å². The van der Waals surface area contributed by atoms with E-state index in [1.54, 1.807) is 6.20 Å². The molecule has 0 saturated carbocycles. The van der Waals surface area contributed by atoms with Crippen LogP contribution in [0.4, 0.5) is 0 Å². The second-order valence-electron chi connectivity index (χ2n) is 4.03. The minimum Gasteiger partial charge on any atom is -0.384 e. The van der Waals surface area contributed by atoms with E-state index in [0.29, 0.717) is 5.92 Å². The number of rotatable bonds is 6. The molecule has 1 rings (SSSR count). The maximum atomic E-state index is 4.20. The molecule has 16 heavy (non-hydrogen) atoms. The molecule has 0 aromatic heterocycles. The molecule has 0 spiro atoms. The molecule has 2 N–H and O–H groups in total. The molecule has 0 saturated heterocycles. The first-order valence-electron chi connectivity index (χ1n) is 5.47. The second-order valence-corrected chi connectivity index (χ2v) is 4.03. The first kappa shape index (κ1) is 12.6. The summed E-state index contributed by atoms with van der Waals surface area (Å²) in [6, 6.07) is 0. The predicted molar refractivity (Wildman–Crippen MR) is 69.2 cm³/mol. The van der Waals surface area contributed by atoms with E-state index in [-0.39, 0.29) is 7.12 Å². The number of hydrazine groups is 1. The number of nitrogens with one attached hydrogen (secondary N) is 2. The van der Waals surface area contributed by atoms with Crippen molar-refractivity contribution in [2.75, 3.05) is 13.6 Å². The largest absolute Gasteiger partial charge is 0.533 e. The van der Waals surface area contributed by atoms with Crippen LogP contribution in [0.3, 0.4) is 0 Å². The third-order valence-corrected chi connectivity index (χ3v) is 2.16. The number of nitrogens with zero attached hydrogens (tertiary/aromatic N) is 3. The van der Waals surface area contributed by atoms with Crippen LogP contribution in [0, 0.1) is 5.92 Å². The van der Waals surface area contributed by atoms with E-state index in [1.807, 2.05) is 29.2 Å². The standard InChI is InChI=1S/C10H20BN5/c1-5-15(4)11(14-12-9-10(2)3)16-8-6-7-13-16/h5-6,8-10,13-14H,1,7H2,2-4H3. The van der Waals surface area contributed by atoms with Gasteiger partial charge in [0.15, 0.2) is 0 Å². The predicted octanol–water partition coefficient (Wildman–Crippen LogP) is 0.612. The fourth-order valence-corrected chi connectivity index (χ4v) is 1.25. The van der Waals surface area contributed by atoms with E-state index in [0.717, 1.165) is 6.54 Å². The van der Waals surface area contributed by atoms with Gasteiger partial charge in [0.1, 0.15) is 0 Å². The first-order valence-corrected chi connectivity index (χ1v) is 5.47. The Kier molecular flexibility index (Phi) is 4.92. The Bertz CT molecular complexity index is 276. The molecule has 5 nitrogen and oxygen atoms in total. The van der Waals surface area contributed by atoms with Crippen LogP contribution in [-0.4, -0.2) is 36.7 Å². The van der Waals surface area contributed by atoms with Crippen LogP contribution in [0.1, 0.15) is 13.8 Å². The molecule has 0 amide bonds. The molecule has 1 aliphatic heterocycles. The van der Waals surface area contributed by atoms with E-state index < -0.39 is 0 Å². The minimum atomic E-state index is -0.0637. The van der Waals surface area contributed by atoms with Crippen LogP contribution >= 0.6 is 0 Å². The Balaban J connectivity index is 2.56. The van der Waals surface area contributed by atoms with Crippen LogP contribution in [0.15, 0.2) is 30.2 Å². The molecule has 0 radical (unpaired) electrons. The summed E-state index contributed by atoms with van der Waals surface area (Å²) in [5.74, 6) is 0.435. The molecular formula is C10H20BN5. The molecule has 0 unspecified atom stereocenters. The van der Waals surface area contributed by atoms with E-state index in [9.17, 15) is 0 Å². The van der Waals surface area contributed by atoms with Gasteiger partial charge in [0, 0.05) is 19.0 Å². The summed E-state index contributed by atoms with van der Waals surface area (Å²) in [5.41, 5.74) is 3.21. The summed E-state index contributed by atoms with van der Waals surface area (Å²) in [6.45, 7) is 8.77. The molecule has 0 aromatic rings. The van der Waals surface area contributed by atoms with Crippen molar-refractivity contribution in [3.8, 4) is 0 Å². The normalized spacial score (nSPS) is 14.9. The molecule has 0 fully saturated rings. The maximum Gasteiger partial charge on any atom is 0.533 e. The Labute approximate surface area is 98.0 Å². The van der Waals surface area contributed by atoms with E-state index in [1.165, 1.54) is 0 Å². The lowest BCUT2D eigenvalue weighted by Crippen LogP contribution is -2.58. The molecule has 0 aromatic carbocycles. The van der Waals surface area contributed by atoms with Crippen LogP contribution in [-0.2, 0) is 0 Å². The lowest BCUT2D eigenvalue weighted by molar-refractivity contribution is 0.421. The van der Waals surface area contributed by atoms with Crippen molar-refractivity contribution >= 4 is 13.3 Å². The molecule has 1 heterocycles. The van der Waals surface area contributed by atoms with Gasteiger partial charge in [0.2, 0.25) is 0 Å². The Morgan fingerprint density at radius 3 is 2.94 bits per heavy atom. The average molecular weight is 221 g/mol. The summed E-state index contributed by atoms with van der Waals surface area (Å²) >= 11 is 0. The van der Waals surface area contributed by atoms with Crippen molar-refractivity contribution in [3.63, 3.8) is 0 Å². The average Bonchev–Trinajstić information content (AvgIpc) is 2.76. The van der Waals surface area contributed by atoms with Crippen molar-refractivity contribution in [3.05, 3.63) is 25.1 Å². The van der Waals surface area contributed by atoms with Crippen molar-refractivity contribution in [1.82, 2.24) is 20.5 Å². The SMILES string of the molecule is C=CN(C)B(NN=CC(C)C)N1C=CCN1. The second kappa shape index (κ2) is 6.22. The van der Waals surface area contributed by atoms with Crippen molar-refractivity contribution < 1.29 is 0 Å². The third-order valence-electron chi connectivity index (χ3n) is 2.16. The fourth-order valence-electron chi connectivity index (χ4n) is 1.25. The van der Waals surface area contributed by atoms with Crippen molar-refractivity contribution in [2.24, 2.45) is 11.0 Å². The monoisotopic (exact) mass is 221 g/mol. The smallest absolute Gasteiger partial charge is 0.384 e. The highest BCUT2D eigenvalue weighted by Gasteiger charge is 2.27. The molecule has 0 bridgehead atoms. The molecule has 6 heteroatoms. The van der Waals surface area contributed by atoms with Gasteiger partial charge in [-0.2, -0.15) is 0 Å². The number of hydrogen-bond acceptors (Lipinski definition) is 5. The van der Waals surface area contributed by atoms with Gasteiger partial charge in [-0.15, -0.1) is 0 Å². The molecule has 1 aliphatic rings. The van der Waals surface area contributed by atoms with Gasteiger partial charge in [0.05, 0.1) is 0 Å². The Morgan fingerprint density at radius 1 is 1.69 bits per heavy atom. The molecule has 0 aliphatic carbocycles. The van der Waals surface area contributed by atoms with Gasteiger partial charge >= 0.3 is 7.12 Å². The summed E-state index contributed by atoms with van der Waals surface area (Å²) in [4.78, 5) is 3.90. The van der Waals surface area contributed by atoms with Gasteiger partial charge in [-0.25, -0.2) is 10.5 Å². The highest BCUT2D eigenvalue weighted by atomic mass is 15.6. The van der Waals surface area contributed by atoms with Gasteiger partial charge < -0.3 is 15.1 Å². The van der Waals surface area contributed by atoms with Gasteiger partial charge in [0.25, 0.3) is 0 Å². The van der Waals surface area contributed by atoms with Crippen LogP contribution in [0.5, 0.6) is 0 Å². The van der Waals surface area contributed by atoms with Crippen molar-refractivity contribution in [1.29, 1.82) is 0 Å².